The van der Waals surface area contributed by atoms with Gasteiger partial charge in [-0.05, 0) is 28.1 Å². The van der Waals surface area contributed by atoms with E-state index in [0.29, 0.717) is 0 Å². The topological polar surface area (TPSA) is 97.5 Å². The highest BCUT2D eigenvalue weighted by Gasteiger charge is 2.29. The zero-order valence-corrected chi connectivity index (χ0v) is 12.6. The zero-order chi connectivity index (χ0) is 14.3. The quantitative estimate of drug-likeness (QED) is 0.807. The second-order valence-electron chi connectivity index (χ2n) is 3.55. The van der Waals surface area contributed by atoms with Crippen molar-refractivity contribution in [1.82, 2.24) is 0 Å². The van der Waals surface area contributed by atoms with Crippen LogP contribution < -0.4 is 9.44 Å². The minimum atomic E-state index is -4.09. The molecule has 18 heavy (non-hydrogen) atoms. The molecule has 102 valence electrons. The highest BCUT2D eigenvalue weighted by atomic mass is 79.9. The van der Waals surface area contributed by atoms with Gasteiger partial charge < -0.3 is 5.73 Å². The summed E-state index contributed by atoms with van der Waals surface area (Å²) in [6.45, 7) is 0. The number of benzene rings is 1. The third-order valence-electron chi connectivity index (χ3n) is 1.87. The number of nitrogens with zero attached hydrogens (tertiary/aromatic N) is 1. The second-order valence-corrected chi connectivity index (χ2v) is 8.30. The fraction of sp³-hybridized carbons (Fsp3) is 0.250. The van der Waals surface area contributed by atoms with Crippen molar-refractivity contribution in [3.63, 3.8) is 0 Å². The SMILES string of the molecule is CS(=O)(=O)N(c1cc(N)c(F)cc1Br)S(C)(=O)=O. The van der Waals surface area contributed by atoms with Crippen LogP contribution in [0.2, 0.25) is 0 Å². The molecule has 0 aromatic heterocycles. The lowest BCUT2D eigenvalue weighted by Crippen LogP contribution is -2.35. The molecule has 1 aromatic carbocycles. The monoisotopic (exact) mass is 360 g/mol. The van der Waals surface area contributed by atoms with Crippen LogP contribution in [0.3, 0.4) is 0 Å². The van der Waals surface area contributed by atoms with Gasteiger partial charge in [-0.15, -0.1) is 0 Å². The first-order chi connectivity index (χ1) is 7.94. The summed E-state index contributed by atoms with van der Waals surface area (Å²) < 4.78 is 59.4. The molecule has 0 heterocycles. The van der Waals surface area contributed by atoms with E-state index in [1.807, 2.05) is 0 Å². The Hall–Kier alpha value is -0.870. The van der Waals surface area contributed by atoms with Crippen LogP contribution in [0.15, 0.2) is 16.6 Å². The maximum Gasteiger partial charge on any atom is 0.245 e. The van der Waals surface area contributed by atoms with Gasteiger partial charge in [-0.3, -0.25) is 0 Å². The van der Waals surface area contributed by atoms with Crippen LogP contribution in [-0.2, 0) is 20.0 Å². The Bertz CT molecular complexity index is 655. The van der Waals surface area contributed by atoms with E-state index in [1.165, 1.54) is 0 Å². The zero-order valence-electron chi connectivity index (χ0n) is 9.38. The number of rotatable bonds is 3. The van der Waals surface area contributed by atoms with Crippen molar-refractivity contribution in [1.29, 1.82) is 0 Å². The lowest BCUT2D eigenvalue weighted by Gasteiger charge is -2.21. The summed E-state index contributed by atoms with van der Waals surface area (Å²) in [7, 11) is -8.18. The average molecular weight is 361 g/mol. The Balaban J connectivity index is 3.66. The molecule has 6 nitrogen and oxygen atoms in total. The molecule has 1 aromatic rings. The van der Waals surface area contributed by atoms with Crippen molar-refractivity contribution in [3.8, 4) is 0 Å². The molecule has 0 fully saturated rings. The number of nitrogens with two attached hydrogens (primary N) is 1. The van der Waals surface area contributed by atoms with E-state index in [9.17, 15) is 21.2 Å². The molecule has 0 aliphatic carbocycles. The van der Waals surface area contributed by atoms with E-state index in [-0.39, 0.29) is 19.6 Å². The summed E-state index contributed by atoms with van der Waals surface area (Å²) >= 11 is 2.90. The van der Waals surface area contributed by atoms with Gasteiger partial charge in [0.2, 0.25) is 20.0 Å². The number of sulfonamides is 2. The van der Waals surface area contributed by atoms with Crippen LogP contribution in [0, 0.1) is 5.82 Å². The first-order valence-corrected chi connectivity index (χ1v) is 8.88. The second kappa shape index (κ2) is 4.67. The van der Waals surface area contributed by atoms with Gasteiger partial charge in [-0.2, -0.15) is 3.71 Å². The van der Waals surface area contributed by atoms with Crippen LogP contribution in [0.1, 0.15) is 0 Å². The number of halogens is 2. The molecule has 2 N–H and O–H groups in total. The maximum absolute atomic E-state index is 13.1. The lowest BCUT2D eigenvalue weighted by molar-refractivity contribution is 0.590. The Morgan fingerprint density at radius 1 is 1.17 bits per heavy atom. The molecule has 0 aliphatic rings. The average Bonchev–Trinajstić information content (AvgIpc) is 2.09. The van der Waals surface area contributed by atoms with Crippen molar-refractivity contribution < 1.29 is 21.2 Å². The normalized spacial score (nSPS) is 12.4. The summed E-state index contributed by atoms with van der Waals surface area (Å²) in [5.41, 5.74) is 4.68. The van der Waals surface area contributed by atoms with Crippen LogP contribution in [-0.4, -0.2) is 29.3 Å². The van der Waals surface area contributed by atoms with Gasteiger partial charge in [0.25, 0.3) is 0 Å². The summed E-state index contributed by atoms with van der Waals surface area (Å²) in [5, 5.41) is 0. The first kappa shape index (κ1) is 15.2. The van der Waals surface area contributed by atoms with E-state index < -0.39 is 25.9 Å². The third kappa shape index (κ3) is 3.12. The van der Waals surface area contributed by atoms with Crippen LogP contribution >= 0.6 is 15.9 Å². The molecule has 0 atom stereocenters. The third-order valence-corrected chi connectivity index (χ3v) is 5.72. The molecule has 0 unspecified atom stereocenters. The molecule has 0 radical (unpaired) electrons. The van der Waals surface area contributed by atoms with Crippen molar-refractivity contribution in [2.24, 2.45) is 0 Å². The molecule has 1 rings (SSSR count). The minimum Gasteiger partial charge on any atom is -0.396 e. The molecule has 10 heteroatoms. The number of anilines is 2. The van der Waals surface area contributed by atoms with Crippen LogP contribution in [0.4, 0.5) is 15.8 Å². The molecular formula is C8H10BrFN2O4S2. The molecule has 0 spiro atoms. The molecule has 0 saturated heterocycles. The van der Waals surface area contributed by atoms with Crippen LogP contribution in [0.5, 0.6) is 0 Å². The van der Waals surface area contributed by atoms with Gasteiger partial charge in [0.15, 0.2) is 0 Å². The number of hydrogen-bond acceptors (Lipinski definition) is 5. The van der Waals surface area contributed by atoms with E-state index in [1.54, 1.807) is 0 Å². The van der Waals surface area contributed by atoms with Crippen molar-refractivity contribution in [2.75, 3.05) is 22.0 Å². The van der Waals surface area contributed by atoms with Gasteiger partial charge in [0, 0.05) is 4.47 Å². The minimum absolute atomic E-state index is 0.0370. The summed E-state index contributed by atoms with van der Waals surface area (Å²) in [5.74, 6) is -0.785. The lowest BCUT2D eigenvalue weighted by atomic mass is 10.3. The van der Waals surface area contributed by atoms with Crippen molar-refractivity contribution >= 4 is 47.4 Å². The van der Waals surface area contributed by atoms with E-state index >= 15 is 0 Å². The molecular weight excluding hydrogens is 351 g/mol. The fourth-order valence-corrected chi connectivity index (χ4v) is 5.01. The summed E-state index contributed by atoms with van der Waals surface area (Å²) in [6, 6.07) is 1.83. The Morgan fingerprint density at radius 2 is 1.61 bits per heavy atom. The summed E-state index contributed by atoms with van der Waals surface area (Å²) in [4.78, 5) is 0. The van der Waals surface area contributed by atoms with Gasteiger partial charge in [0.05, 0.1) is 23.9 Å². The molecule has 0 aliphatic heterocycles. The smallest absolute Gasteiger partial charge is 0.245 e. The van der Waals surface area contributed by atoms with Gasteiger partial charge >= 0.3 is 0 Å². The molecule has 0 bridgehead atoms. The van der Waals surface area contributed by atoms with Crippen molar-refractivity contribution in [3.05, 3.63) is 22.4 Å². The standard InChI is InChI=1S/C8H10BrFN2O4S2/c1-17(13,14)12(18(2,15)16)8-4-7(11)6(10)3-5(8)9/h3-4H,11H2,1-2H3. The number of hydrogen-bond donors (Lipinski definition) is 1. The van der Waals surface area contributed by atoms with Crippen molar-refractivity contribution in [2.45, 2.75) is 0 Å². The van der Waals surface area contributed by atoms with E-state index in [0.717, 1.165) is 24.6 Å². The van der Waals surface area contributed by atoms with E-state index in [2.05, 4.69) is 15.9 Å². The van der Waals surface area contributed by atoms with Crippen LogP contribution in [0.25, 0.3) is 0 Å². The number of nitrogen functional groups attached to an aromatic ring is 1. The predicted octanol–water partition coefficient (Wildman–Crippen LogP) is 0.896. The molecule has 0 amide bonds. The Kier molecular flexibility index (Phi) is 3.94. The van der Waals surface area contributed by atoms with Gasteiger partial charge in [-0.1, -0.05) is 0 Å². The largest absolute Gasteiger partial charge is 0.396 e. The Morgan fingerprint density at radius 3 is 2.00 bits per heavy atom. The predicted molar refractivity (Wildman–Crippen MR) is 70.7 cm³/mol. The summed E-state index contributed by atoms with van der Waals surface area (Å²) in [6.07, 6.45) is 1.44. The fourth-order valence-electron chi connectivity index (χ4n) is 1.30. The highest BCUT2D eigenvalue weighted by molar-refractivity contribution is 9.10. The first-order valence-electron chi connectivity index (χ1n) is 4.39. The van der Waals surface area contributed by atoms with Gasteiger partial charge in [0.1, 0.15) is 5.82 Å². The van der Waals surface area contributed by atoms with Gasteiger partial charge in [-0.25, -0.2) is 21.2 Å². The maximum atomic E-state index is 13.1. The highest BCUT2D eigenvalue weighted by Crippen LogP contribution is 2.33. The molecule has 0 saturated carbocycles. The Labute approximate surface area is 113 Å². The van der Waals surface area contributed by atoms with E-state index in [4.69, 9.17) is 5.73 Å².